The molecule has 0 rings (SSSR count). The number of rotatable bonds is 8. The first-order chi connectivity index (χ1) is 7.47. The summed E-state index contributed by atoms with van der Waals surface area (Å²) in [6.07, 6.45) is 1.79. The average molecular weight is 250 g/mol. The van der Waals surface area contributed by atoms with Crippen LogP contribution in [0.4, 0.5) is 0 Å². The van der Waals surface area contributed by atoms with Crippen LogP contribution in [-0.2, 0) is 9.47 Å². The molecule has 2 N–H and O–H groups in total. The normalized spacial score (nSPS) is 17.8. The van der Waals surface area contributed by atoms with Gasteiger partial charge in [-0.3, -0.25) is 4.90 Å². The van der Waals surface area contributed by atoms with E-state index in [9.17, 15) is 0 Å². The fourth-order valence-corrected chi connectivity index (χ4v) is 2.57. The van der Waals surface area contributed by atoms with E-state index in [0.29, 0.717) is 12.6 Å². The van der Waals surface area contributed by atoms with E-state index in [0.717, 1.165) is 5.75 Å². The van der Waals surface area contributed by atoms with Crippen molar-refractivity contribution in [2.24, 2.45) is 5.73 Å². The summed E-state index contributed by atoms with van der Waals surface area (Å²) >= 11 is 1.83. The summed E-state index contributed by atoms with van der Waals surface area (Å²) in [5.74, 6) is 1.06. The van der Waals surface area contributed by atoms with Crippen molar-refractivity contribution in [3.05, 3.63) is 0 Å². The van der Waals surface area contributed by atoms with Gasteiger partial charge in [-0.2, -0.15) is 11.8 Å². The van der Waals surface area contributed by atoms with Crippen LogP contribution in [0.3, 0.4) is 0 Å². The van der Waals surface area contributed by atoms with Crippen LogP contribution in [0.5, 0.6) is 0 Å². The van der Waals surface area contributed by atoms with E-state index >= 15 is 0 Å². The third-order valence-corrected chi connectivity index (χ3v) is 4.04. The van der Waals surface area contributed by atoms with E-state index in [1.165, 1.54) is 0 Å². The Morgan fingerprint density at radius 1 is 1.38 bits per heavy atom. The molecule has 0 bridgehead atoms. The molecule has 2 unspecified atom stereocenters. The zero-order valence-corrected chi connectivity index (χ0v) is 12.1. The molecule has 5 heteroatoms. The van der Waals surface area contributed by atoms with Crippen LogP contribution >= 0.6 is 11.8 Å². The molecule has 0 aromatic carbocycles. The molecule has 0 saturated heterocycles. The molecule has 0 aromatic heterocycles. The number of ether oxygens (including phenoxy) is 2. The van der Waals surface area contributed by atoms with Crippen LogP contribution in [-0.4, -0.2) is 62.6 Å². The Morgan fingerprint density at radius 3 is 2.19 bits per heavy atom. The number of hydrogen-bond acceptors (Lipinski definition) is 5. The zero-order valence-electron chi connectivity index (χ0n) is 11.3. The van der Waals surface area contributed by atoms with Crippen molar-refractivity contribution >= 4 is 11.8 Å². The second kappa shape index (κ2) is 7.50. The van der Waals surface area contributed by atoms with Crippen LogP contribution < -0.4 is 5.73 Å². The Hall–Kier alpha value is 0.190. The van der Waals surface area contributed by atoms with Gasteiger partial charge < -0.3 is 15.2 Å². The summed E-state index contributed by atoms with van der Waals surface area (Å²) in [5.41, 5.74) is 5.58. The van der Waals surface area contributed by atoms with Gasteiger partial charge >= 0.3 is 0 Å². The number of nitrogens with zero attached hydrogens (tertiary/aromatic N) is 1. The van der Waals surface area contributed by atoms with Crippen molar-refractivity contribution < 1.29 is 9.47 Å². The summed E-state index contributed by atoms with van der Waals surface area (Å²) in [6, 6.07) is 0.427. The van der Waals surface area contributed by atoms with Crippen LogP contribution in [0.25, 0.3) is 0 Å². The topological polar surface area (TPSA) is 47.7 Å². The molecule has 98 valence electrons. The fourth-order valence-electron chi connectivity index (χ4n) is 1.87. The predicted octanol–water partition coefficient (Wildman–Crippen LogP) is 1.01. The van der Waals surface area contributed by atoms with Crippen molar-refractivity contribution in [3.63, 3.8) is 0 Å². The van der Waals surface area contributed by atoms with Crippen molar-refractivity contribution in [2.45, 2.75) is 31.7 Å². The maximum Gasteiger partial charge on any atom is 0.176 e. The largest absolute Gasteiger partial charge is 0.354 e. The van der Waals surface area contributed by atoms with Gasteiger partial charge in [-0.05, 0) is 27.2 Å². The first kappa shape index (κ1) is 16.2. The maximum absolute atomic E-state index is 5.89. The van der Waals surface area contributed by atoms with Crippen LogP contribution in [0.15, 0.2) is 0 Å². The molecule has 16 heavy (non-hydrogen) atoms. The molecule has 0 spiro atoms. The SMILES string of the molecule is COC(OC)C(C)(CN)N(C)C(C)CSC. The van der Waals surface area contributed by atoms with Gasteiger partial charge in [-0.15, -0.1) is 0 Å². The predicted molar refractivity (Wildman–Crippen MR) is 70.9 cm³/mol. The van der Waals surface area contributed by atoms with Gasteiger partial charge in [0.15, 0.2) is 6.29 Å². The highest BCUT2D eigenvalue weighted by atomic mass is 32.2. The van der Waals surface area contributed by atoms with E-state index in [-0.39, 0.29) is 11.8 Å². The van der Waals surface area contributed by atoms with Crippen molar-refractivity contribution in [1.29, 1.82) is 0 Å². The first-order valence-corrected chi connectivity index (χ1v) is 6.84. The highest BCUT2D eigenvalue weighted by molar-refractivity contribution is 7.98. The van der Waals surface area contributed by atoms with Crippen molar-refractivity contribution in [3.8, 4) is 0 Å². The maximum atomic E-state index is 5.89. The third kappa shape index (κ3) is 3.60. The fraction of sp³-hybridized carbons (Fsp3) is 1.00. The minimum Gasteiger partial charge on any atom is -0.354 e. The van der Waals surface area contributed by atoms with Gasteiger partial charge in [0.25, 0.3) is 0 Å². The number of methoxy groups -OCH3 is 2. The molecule has 4 nitrogen and oxygen atoms in total. The Bertz CT molecular complexity index is 191. The second-order valence-corrected chi connectivity index (χ2v) is 5.19. The van der Waals surface area contributed by atoms with Gasteiger partial charge in [0, 0.05) is 32.6 Å². The third-order valence-electron chi connectivity index (χ3n) is 3.22. The molecule has 0 saturated carbocycles. The summed E-state index contributed by atoms with van der Waals surface area (Å²) in [5, 5.41) is 0. The second-order valence-electron chi connectivity index (χ2n) is 4.28. The Balaban J connectivity index is 4.78. The number of nitrogens with two attached hydrogens (primary N) is 1. The van der Waals surface area contributed by atoms with Crippen LogP contribution in [0.1, 0.15) is 13.8 Å². The van der Waals surface area contributed by atoms with Crippen LogP contribution in [0.2, 0.25) is 0 Å². The summed E-state index contributed by atoms with van der Waals surface area (Å²) in [7, 11) is 5.36. The zero-order chi connectivity index (χ0) is 12.8. The molecule has 0 fully saturated rings. The summed E-state index contributed by atoms with van der Waals surface area (Å²) in [4.78, 5) is 2.24. The van der Waals surface area contributed by atoms with E-state index in [1.807, 2.05) is 11.8 Å². The summed E-state index contributed by atoms with van der Waals surface area (Å²) < 4.78 is 10.7. The lowest BCUT2D eigenvalue weighted by Crippen LogP contribution is -2.61. The van der Waals surface area contributed by atoms with Crippen molar-refractivity contribution in [1.82, 2.24) is 4.90 Å². The lowest BCUT2D eigenvalue weighted by Gasteiger charge is -2.45. The monoisotopic (exact) mass is 250 g/mol. The Kier molecular flexibility index (Phi) is 7.59. The minimum atomic E-state index is -0.313. The Labute approximate surface area is 104 Å². The molecule has 0 radical (unpaired) electrons. The first-order valence-electron chi connectivity index (χ1n) is 5.45. The van der Waals surface area contributed by atoms with Gasteiger partial charge in [0.2, 0.25) is 0 Å². The number of hydrogen-bond donors (Lipinski definition) is 1. The molecular formula is C11H26N2O2S. The highest BCUT2D eigenvalue weighted by Gasteiger charge is 2.39. The molecule has 2 atom stereocenters. The highest BCUT2D eigenvalue weighted by Crippen LogP contribution is 2.23. The van der Waals surface area contributed by atoms with Gasteiger partial charge in [-0.25, -0.2) is 0 Å². The number of thioether (sulfide) groups is 1. The lowest BCUT2D eigenvalue weighted by atomic mass is 9.98. The molecule has 0 heterocycles. The molecule has 0 aliphatic rings. The molecule has 0 aromatic rings. The lowest BCUT2D eigenvalue weighted by molar-refractivity contribution is -0.181. The average Bonchev–Trinajstić information content (AvgIpc) is 2.29. The molecule has 0 aliphatic carbocycles. The quantitative estimate of drug-likeness (QED) is 0.651. The smallest absolute Gasteiger partial charge is 0.176 e. The molecular weight excluding hydrogens is 224 g/mol. The Morgan fingerprint density at radius 2 is 1.88 bits per heavy atom. The van der Waals surface area contributed by atoms with Crippen LogP contribution in [0, 0.1) is 0 Å². The molecule has 0 amide bonds. The number of likely N-dealkylation sites (N-methyl/N-ethyl adjacent to an activating group) is 1. The summed E-state index contributed by atoms with van der Waals surface area (Å²) in [6.45, 7) is 4.75. The van der Waals surface area contributed by atoms with Gasteiger partial charge in [-0.1, -0.05) is 0 Å². The van der Waals surface area contributed by atoms with E-state index < -0.39 is 0 Å². The van der Waals surface area contributed by atoms with Gasteiger partial charge in [0.1, 0.15) is 0 Å². The van der Waals surface area contributed by atoms with E-state index in [4.69, 9.17) is 15.2 Å². The molecule has 0 aliphatic heterocycles. The van der Waals surface area contributed by atoms with Gasteiger partial charge in [0.05, 0.1) is 5.54 Å². The van der Waals surface area contributed by atoms with E-state index in [1.54, 1.807) is 14.2 Å². The minimum absolute atomic E-state index is 0.307. The van der Waals surface area contributed by atoms with Crippen molar-refractivity contribution in [2.75, 3.05) is 39.8 Å². The standard InChI is InChI=1S/C11H26N2O2S/c1-9(7-16-6)13(3)11(2,8-12)10(14-4)15-5/h9-10H,7-8,12H2,1-6H3. The van der Waals surface area contributed by atoms with E-state index in [2.05, 4.69) is 32.1 Å².